The number of nitrogens with zero attached hydrogens (tertiary/aromatic N) is 1. The summed E-state index contributed by atoms with van der Waals surface area (Å²) in [5.74, 6) is 0.984. The number of ether oxygens (including phenoxy) is 2. The Bertz CT molecular complexity index is 1060. The molecule has 2 heterocycles. The van der Waals surface area contributed by atoms with Gasteiger partial charge in [-0.3, -0.25) is 9.69 Å². The summed E-state index contributed by atoms with van der Waals surface area (Å²) in [5, 5.41) is 2.54. The Labute approximate surface area is 198 Å². The van der Waals surface area contributed by atoms with E-state index < -0.39 is 41.3 Å². The lowest BCUT2D eigenvalue weighted by Gasteiger charge is -2.38. The first-order valence-corrected chi connectivity index (χ1v) is 11.0. The number of hydrogen-bond acceptors (Lipinski definition) is 4. The SMILES string of the molecule is CC1(C(=O)NCc2cc(C(F)(F)F)cc(C(F)(F)F)c2)CCN(Cc2ccc3c(c2)OCO3)CC1. The van der Waals surface area contributed by atoms with Crippen LogP contribution < -0.4 is 14.8 Å². The number of benzene rings is 2. The van der Waals surface area contributed by atoms with Crippen molar-refractivity contribution in [1.82, 2.24) is 10.2 Å². The number of amides is 1. The average molecular weight is 502 g/mol. The van der Waals surface area contributed by atoms with Crippen LogP contribution in [0.1, 0.15) is 42.0 Å². The second-order valence-electron chi connectivity index (χ2n) is 9.12. The van der Waals surface area contributed by atoms with Gasteiger partial charge < -0.3 is 14.8 Å². The zero-order valence-electron chi connectivity index (χ0n) is 18.9. The minimum atomic E-state index is -4.93. The van der Waals surface area contributed by atoms with Crippen molar-refractivity contribution in [3.05, 3.63) is 58.7 Å². The van der Waals surface area contributed by atoms with E-state index in [0.29, 0.717) is 56.1 Å². The fourth-order valence-corrected chi connectivity index (χ4v) is 4.25. The number of rotatable bonds is 5. The highest BCUT2D eigenvalue weighted by atomic mass is 19.4. The van der Waals surface area contributed by atoms with Crippen molar-refractivity contribution < 1.29 is 40.6 Å². The number of halogens is 6. The smallest absolute Gasteiger partial charge is 0.416 e. The van der Waals surface area contributed by atoms with Crippen molar-refractivity contribution >= 4 is 5.91 Å². The second kappa shape index (κ2) is 9.25. The highest BCUT2D eigenvalue weighted by Gasteiger charge is 2.38. The van der Waals surface area contributed by atoms with Gasteiger partial charge in [0.1, 0.15) is 0 Å². The molecule has 0 radical (unpaired) electrons. The van der Waals surface area contributed by atoms with Gasteiger partial charge in [-0.25, -0.2) is 0 Å². The van der Waals surface area contributed by atoms with E-state index in [9.17, 15) is 31.1 Å². The number of hydrogen-bond donors (Lipinski definition) is 1. The summed E-state index contributed by atoms with van der Waals surface area (Å²) in [6.07, 6.45) is -8.87. The van der Waals surface area contributed by atoms with E-state index in [-0.39, 0.29) is 18.4 Å². The summed E-state index contributed by atoms with van der Waals surface area (Å²) in [6, 6.07) is 7.03. The molecule has 0 saturated carbocycles. The third kappa shape index (κ3) is 5.83. The molecule has 2 aliphatic heterocycles. The van der Waals surface area contributed by atoms with E-state index in [1.54, 1.807) is 6.92 Å². The maximum absolute atomic E-state index is 13.1. The topological polar surface area (TPSA) is 50.8 Å². The molecule has 0 unspecified atom stereocenters. The van der Waals surface area contributed by atoms with Gasteiger partial charge in [-0.2, -0.15) is 26.3 Å². The van der Waals surface area contributed by atoms with Gasteiger partial charge in [0.15, 0.2) is 11.5 Å². The van der Waals surface area contributed by atoms with Gasteiger partial charge in [0.2, 0.25) is 12.7 Å². The molecule has 0 aromatic heterocycles. The van der Waals surface area contributed by atoms with Gasteiger partial charge in [0.05, 0.1) is 11.1 Å². The lowest BCUT2D eigenvalue weighted by atomic mass is 9.79. The highest BCUT2D eigenvalue weighted by molar-refractivity contribution is 5.82. The van der Waals surface area contributed by atoms with Crippen molar-refractivity contribution in [2.75, 3.05) is 19.9 Å². The van der Waals surface area contributed by atoms with Crippen molar-refractivity contribution in [1.29, 1.82) is 0 Å². The number of likely N-dealkylation sites (tertiary alicyclic amines) is 1. The van der Waals surface area contributed by atoms with Crippen molar-refractivity contribution in [3.8, 4) is 11.5 Å². The first-order valence-electron chi connectivity index (χ1n) is 11.0. The summed E-state index contributed by atoms with van der Waals surface area (Å²) in [4.78, 5) is 15.0. The number of alkyl halides is 6. The molecule has 2 aliphatic rings. The predicted molar refractivity (Wildman–Crippen MR) is 113 cm³/mol. The minimum Gasteiger partial charge on any atom is -0.454 e. The molecule has 2 aromatic rings. The summed E-state index contributed by atoms with van der Waals surface area (Å²) >= 11 is 0. The summed E-state index contributed by atoms with van der Waals surface area (Å²) in [6.45, 7) is 3.39. The minimum absolute atomic E-state index is 0.0719. The average Bonchev–Trinajstić information content (AvgIpc) is 3.25. The third-order valence-corrected chi connectivity index (χ3v) is 6.45. The van der Waals surface area contributed by atoms with E-state index in [1.807, 2.05) is 18.2 Å². The molecule has 1 N–H and O–H groups in total. The van der Waals surface area contributed by atoms with Gasteiger partial charge in [0, 0.05) is 18.5 Å². The molecule has 5 nitrogen and oxygen atoms in total. The van der Waals surface area contributed by atoms with Crippen LogP contribution in [-0.4, -0.2) is 30.7 Å². The molecule has 11 heteroatoms. The first kappa shape index (κ1) is 25.2. The molecule has 0 atom stereocenters. The molecule has 4 rings (SSSR count). The molecule has 1 amide bonds. The molecule has 190 valence electrons. The molecule has 2 aromatic carbocycles. The molecular formula is C24H24F6N2O3. The van der Waals surface area contributed by atoms with E-state index in [0.717, 1.165) is 5.56 Å². The Morgan fingerprint density at radius 2 is 1.51 bits per heavy atom. The predicted octanol–water partition coefficient (Wildman–Crippen LogP) is 5.37. The van der Waals surface area contributed by atoms with Crippen molar-refractivity contribution in [2.45, 2.75) is 45.2 Å². The molecule has 35 heavy (non-hydrogen) atoms. The summed E-state index contributed by atoms with van der Waals surface area (Å²) in [5.41, 5.74) is -2.81. The van der Waals surface area contributed by atoms with E-state index in [1.165, 1.54) is 0 Å². The Hall–Kier alpha value is -2.95. The lowest BCUT2D eigenvalue weighted by molar-refractivity contribution is -0.143. The highest BCUT2D eigenvalue weighted by Crippen LogP contribution is 2.37. The van der Waals surface area contributed by atoms with E-state index in [2.05, 4.69) is 10.2 Å². The van der Waals surface area contributed by atoms with Gasteiger partial charge in [-0.15, -0.1) is 0 Å². The first-order chi connectivity index (χ1) is 16.3. The normalized spacial score (nSPS) is 17.9. The summed E-state index contributed by atoms with van der Waals surface area (Å²) in [7, 11) is 0. The Kier molecular flexibility index (Phi) is 6.65. The zero-order valence-corrected chi connectivity index (χ0v) is 18.9. The molecule has 0 aliphatic carbocycles. The number of piperidine rings is 1. The number of carbonyl (C=O) groups is 1. The molecular weight excluding hydrogens is 478 g/mol. The quantitative estimate of drug-likeness (QED) is 0.559. The second-order valence-corrected chi connectivity index (χ2v) is 9.12. The largest absolute Gasteiger partial charge is 0.454 e. The molecule has 1 saturated heterocycles. The molecule has 0 spiro atoms. The zero-order chi connectivity index (χ0) is 25.4. The number of carbonyl (C=O) groups excluding carboxylic acids is 1. The van der Waals surface area contributed by atoms with Crippen LogP contribution in [0.25, 0.3) is 0 Å². The fourth-order valence-electron chi connectivity index (χ4n) is 4.25. The van der Waals surface area contributed by atoms with Crippen LogP contribution >= 0.6 is 0 Å². The Balaban J connectivity index is 1.36. The number of nitrogens with one attached hydrogen (secondary N) is 1. The van der Waals surface area contributed by atoms with E-state index in [4.69, 9.17) is 9.47 Å². The number of fused-ring (bicyclic) bond motifs is 1. The lowest BCUT2D eigenvalue weighted by Crippen LogP contribution is -2.46. The fraction of sp³-hybridized carbons (Fsp3) is 0.458. The molecule has 1 fully saturated rings. The van der Waals surface area contributed by atoms with Gasteiger partial charge in [-0.05, 0) is 67.4 Å². The van der Waals surface area contributed by atoms with Crippen molar-refractivity contribution in [2.24, 2.45) is 5.41 Å². The van der Waals surface area contributed by atoms with Crippen LogP contribution in [0.5, 0.6) is 11.5 Å². The van der Waals surface area contributed by atoms with Crippen LogP contribution in [0.15, 0.2) is 36.4 Å². The van der Waals surface area contributed by atoms with Gasteiger partial charge >= 0.3 is 12.4 Å². The third-order valence-electron chi connectivity index (χ3n) is 6.45. The molecule has 0 bridgehead atoms. The Morgan fingerprint density at radius 1 is 0.914 bits per heavy atom. The maximum Gasteiger partial charge on any atom is 0.416 e. The van der Waals surface area contributed by atoms with Crippen LogP contribution in [0.3, 0.4) is 0 Å². The maximum atomic E-state index is 13.1. The van der Waals surface area contributed by atoms with E-state index >= 15 is 0 Å². The standard InChI is InChI=1S/C24H24F6N2O3/c1-22(4-6-32(7-5-22)13-15-2-3-19-20(10-15)35-14-34-19)21(33)31-12-16-8-17(23(25,26)27)11-18(9-16)24(28,29)30/h2-3,8-11H,4-7,12-14H2,1H3,(H,31,33). The summed E-state index contributed by atoms with van der Waals surface area (Å²) < 4.78 is 89.1. The van der Waals surface area contributed by atoms with Gasteiger partial charge in [-0.1, -0.05) is 13.0 Å². The van der Waals surface area contributed by atoms with Crippen LogP contribution in [0, 0.1) is 5.41 Å². The van der Waals surface area contributed by atoms with Crippen LogP contribution in [-0.2, 0) is 30.2 Å². The van der Waals surface area contributed by atoms with Gasteiger partial charge in [0.25, 0.3) is 0 Å². The van der Waals surface area contributed by atoms with Crippen LogP contribution in [0.4, 0.5) is 26.3 Å². The monoisotopic (exact) mass is 502 g/mol. The van der Waals surface area contributed by atoms with Crippen LogP contribution in [0.2, 0.25) is 0 Å². The van der Waals surface area contributed by atoms with Crippen molar-refractivity contribution in [3.63, 3.8) is 0 Å². The Morgan fingerprint density at radius 3 is 2.11 bits per heavy atom.